The monoisotopic (exact) mass is 253 g/mol. The number of carbonyl (C=O) groups is 1. The average Bonchev–Trinajstić information content (AvgIpc) is 2.36. The Morgan fingerprint density at radius 2 is 2.06 bits per heavy atom. The highest BCUT2D eigenvalue weighted by molar-refractivity contribution is 5.90. The molecule has 0 aliphatic rings. The fraction of sp³-hybridized carbons (Fsp3) is 0.462. The molecule has 0 aromatic heterocycles. The lowest BCUT2D eigenvalue weighted by Gasteiger charge is -2.15. The van der Waals surface area contributed by atoms with Crippen LogP contribution >= 0.6 is 0 Å². The number of rotatable bonds is 7. The van der Waals surface area contributed by atoms with E-state index in [1.54, 1.807) is 18.2 Å². The Kier molecular flexibility index (Phi) is 6.32. The third-order valence-corrected chi connectivity index (χ3v) is 2.61. The van der Waals surface area contributed by atoms with Crippen LogP contribution in [0.2, 0.25) is 0 Å². The Hall–Kier alpha value is -1.46. The number of carbonyl (C=O) groups excluding carboxylic acids is 1. The Morgan fingerprint density at radius 3 is 2.72 bits per heavy atom. The van der Waals surface area contributed by atoms with Gasteiger partial charge in [-0.2, -0.15) is 0 Å². The third kappa shape index (κ3) is 5.25. The van der Waals surface area contributed by atoms with Crippen LogP contribution < -0.4 is 10.6 Å². The summed E-state index contributed by atoms with van der Waals surface area (Å²) in [6.07, 6.45) is 0.356. The molecule has 5 heteroatoms. The molecule has 1 amide bonds. The summed E-state index contributed by atoms with van der Waals surface area (Å²) in [7, 11) is 3.84. The van der Waals surface area contributed by atoms with Gasteiger partial charge in [-0.15, -0.1) is 0 Å². The van der Waals surface area contributed by atoms with E-state index in [0.29, 0.717) is 13.0 Å². The van der Waals surface area contributed by atoms with Crippen LogP contribution in [-0.4, -0.2) is 44.5 Å². The molecular weight excluding hydrogens is 233 g/mol. The molecule has 0 saturated carbocycles. The Balaban J connectivity index is 2.32. The zero-order valence-electron chi connectivity index (χ0n) is 10.9. The zero-order chi connectivity index (χ0) is 13.4. The number of halogens is 1. The van der Waals surface area contributed by atoms with Crippen molar-refractivity contribution in [3.05, 3.63) is 30.1 Å². The smallest absolute Gasteiger partial charge is 0.225 e. The molecule has 100 valence electrons. The standard InChI is InChI=1S/C13H20FN3O/c1-15-8-10-17(2)9-7-13(18)16-12-6-4-3-5-11(12)14/h3-6,15H,7-10H2,1-2H3,(H,16,18). The van der Waals surface area contributed by atoms with E-state index in [-0.39, 0.29) is 11.6 Å². The van der Waals surface area contributed by atoms with Crippen molar-refractivity contribution in [2.24, 2.45) is 0 Å². The first-order valence-corrected chi connectivity index (χ1v) is 6.01. The van der Waals surface area contributed by atoms with Gasteiger partial charge in [-0.1, -0.05) is 12.1 Å². The number of hydrogen-bond donors (Lipinski definition) is 2. The highest BCUT2D eigenvalue weighted by Crippen LogP contribution is 2.12. The summed E-state index contributed by atoms with van der Waals surface area (Å²) in [5.41, 5.74) is 0.236. The molecule has 0 spiro atoms. The first kappa shape index (κ1) is 14.6. The number of benzene rings is 1. The molecule has 1 aromatic carbocycles. The minimum atomic E-state index is -0.408. The molecule has 1 rings (SSSR count). The molecule has 0 saturated heterocycles. The van der Waals surface area contributed by atoms with Gasteiger partial charge in [-0.25, -0.2) is 4.39 Å². The maximum atomic E-state index is 13.3. The van der Waals surface area contributed by atoms with Crippen LogP contribution in [0.5, 0.6) is 0 Å². The quantitative estimate of drug-likeness (QED) is 0.770. The van der Waals surface area contributed by atoms with Crippen molar-refractivity contribution in [2.45, 2.75) is 6.42 Å². The van der Waals surface area contributed by atoms with E-state index in [9.17, 15) is 9.18 Å². The number of anilines is 1. The van der Waals surface area contributed by atoms with Gasteiger partial charge in [0.05, 0.1) is 5.69 Å². The largest absolute Gasteiger partial charge is 0.324 e. The van der Waals surface area contributed by atoms with Crippen LogP contribution in [0.25, 0.3) is 0 Å². The SMILES string of the molecule is CNCCN(C)CCC(=O)Nc1ccccc1F. The predicted molar refractivity (Wildman–Crippen MR) is 71.1 cm³/mol. The average molecular weight is 253 g/mol. The molecule has 4 nitrogen and oxygen atoms in total. The van der Waals surface area contributed by atoms with Crippen LogP contribution in [0, 0.1) is 5.82 Å². The van der Waals surface area contributed by atoms with Crippen LogP contribution in [0.3, 0.4) is 0 Å². The maximum Gasteiger partial charge on any atom is 0.225 e. The molecular formula is C13H20FN3O. The number of nitrogens with zero attached hydrogens (tertiary/aromatic N) is 1. The number of amides is 1. The van der Waals surface area contributed by atoms with E-state index in [2.05, 4.69) is 15.5 Å². The molecule has 0 atom stereocenters. The molecule has 18 heavy (non-hydrogen) atoms. The highest BCUT2D eigenvalue weighted by atomic mass is 19.1. The van der Waals surface area contributed by atoms with Gasteiger partial charge in [0, 0.05) is 26.1 Å². The van der Waals surface area contributed by atoms with Gasteiger partial charge in [-0.3, -0.25) is 4.79 Å². The summed E-state index contributed by atoms with van der Waals surface area (Å²) in [5, 5.41) is 5.61. The molecule has 0 unspecified atom stereocenters. The van der Waals surface area contributed by atoms with Crippen molar-refractivity contribution < 1.29 is 9.18 Å². The summed E-state index contributed by atoms with van der Waals surface area (Å²) in [6, 6.07) is 6.17. The molecule has 0 fully saturated rings. The van der Waals surface area contributed by atoms with Crippen molar-refractivity contribution in [2.75, 3.05) is 39.0 Å². The van der Waals surface area contributed by atoms with Crippen LogP contribution in [0.15, 0.2) is 24.3 Å². The Bertz CT molecular complexity index is 384. The number of para-hydroxylation sites is 1. The van der Waals surface area contributed by atoms with Gasteiger partial charge in [0.25, 0.3) is 0 Å². The van der Waals surface area contributed by atoms with Crippen molar-refractivity contribution in [1.29, 1.82) is 0 Å². The fourth-order valence-corrected chi connectivity index (χ4v) is 1.48. The van der Waals surface area contributed by atoms with Gasteiger partial charge in [0.1, 0.15) is 5.82 Å². The van der Waals surface area contributed by atoms with Gasteiger partial charge in [-0.05, 0) is 26.2 Å². The normalized spacial score (nSPS) is 10.7. The van der Waals surface area contributed by atoms with E-state index < -0.39 is 5.82 Å². The van der Waals surface area contributed by atoms with E-state index in [0.717, 1.165) is 13.1 Å². The van der Waals surface area contributed by atoms with E-state index in [1.165, 1.54) is 6.07 Å². The molecule has 0 aliphatic heterocycles. The highest BCUT2D eigenvalue weighted by Gasteiger charge is 2.07. The van der Waals surface area contributed by atoms with E-state index in [1.807, 2.05) is 14.1 Å². The summed E-state index contributed by atoms with van der Waals surface area (Å²) in [4.78, 5) is 13.7. The van der Waals surface area contributed by atoms with E-state index >= 15 is 0 Å². The molecule has 1 aromatic rings. The third-order valence-electron chi connectivity index (χ3n) is 2.61. The van der Waals surface area contributed by atoms with Crippen molar-refractivity contribution >= 4 is 11.6 Å². The lowest BCUT2D eigenvalue weighted by Crippen LogP contribution is -2.30. The Labute approximate surface area is 107 Å². The lowest BCUT2D eigenvalue weighted by atomic mass is 10.3. The lowest BCUT2D eigenvalue weighted by molar-refractivity contribution is -0.116. The van der Waals surface area contributed by atoms with Crippen LogP contribution in [0.4, 0.5) is 10.1 Å². The summed E-state index contributed by atoms with van der Waals surface area (Å²) in [6.45, 7) is 2.41. The number of nitrogens with one attached hydrogen (secondary N) is 2. The molecule has 0 aliphatic carbocycles. The molecule has 0 bridgehead atoms. The second kappa shape index (κ2) is 7.79. The van der Waals surface area contributed by atoms with Crippen molar-refractivity contribution in [1.82, 2.24) is 10.2 Å². The van der Waals surface area contributed by atoms with Gasteiger partial charge in [0.15, 0.2) is 0 Å². The summed E-state index contributed by atoms with van der Waals surface area (Å²) < 4.78 is 13.3. The minimum Gasteiger partial charge on any atom is -0.324 e. The zero-order valence-corrected chi connectivity index (χ0v) is 10.9. The van der Waals surface area contributed by atoms with Crippen LogP contribution in [0.1, 0.15) is 6.42 Å². The second-order valence-electron chi connectivity index (χ2n) is 4.18. The van der Waals surface area contributed by atoms with Gasteiger partial charge >= 0.3 is 0 Å². The summed E-state index contributed by atoms with van der Waals surface area (Å²) in [5.74, 6) is -0.578. The van der Waals surface area contributed by atoms with E-state index in [4.69, 9.17) is 0 Å². The Morgan fingerprint density at radius 1 is 1.33 bits per heavy atom. The number of hydrogen-bond acceptors (Lipinski definition) is 3. The summed E-state index contributed by atoms with van der Waals surface area (Å²) >= 11 is 0. The minimum absolute atomic E-state index is 0.170. The topological polar surface area (TPSA) is 44.4 Å². The van der Waals surface area contributed by atoms with Gasteiger partial charge < -0.3 is 15.5 Å². The molecule has 0 radical (unpaired) electrons. The van der Waals surface area contributed by atoms with Crippen molar-refractivity contribution in [3.8, 4) is 0 Å². The maximum absolute atomic E-state index is 13.3. The molecule has 0 heterocycles. The number of likely N-dealkylation sites (N-methyl/N-ethyl adjacent to an activating group) is 2. The first-order chi connectivity index (χ1) is 8.63. The predicted octanol–water partition coefficient (Wildman–Crippen LogP) is 1.31. The first-order valence-electron chi connectivity index (χ1n) is 6.01. The molecule has 2 N–H and O–H groups in total. The van der Waals surface area contributed by atoms with Crippen LogP contribution in [-0.2, 0) is 4.79 Å². The second-order valence-corrected chi connectivity index (χ2v) is 4.18. The van der Waals surface area contributed by atoms with Gasteiger partial charge in [0.2, 0.25) is 5.91 Å². The fourth-order valence-electron chi connectivity index (χ4n) is 1.48. The van der Waals surface area contributed by atoms with Crippen molar-refractivity contribution in [3.63, 3.8) is 0 Å².